The molecule has 2 aromatic carbocycles. The van der Waals surface area contributed by atoms with Gasteiger partial charge in [0.05, 0.1) is 53.4 Å². The van der Waals surface area contributed by atoms with Gasteiger partial charge in [-0.25, -0.2) is 4.98 Å². The predicted molar refractivity (Wildman–Crippen MR) is 208 cm³/mol. The van der Waals surface area contributed by atoms with Crippen LogP contribution >= 0.6 is 23.1 Å². The lowest BCUT2D eigenvalue weighted by atomic mass is 9.99. The summed E-state index contributed by atoms with van der Waals surface area (Å²) in [6.45, 7) is 14.4. The number of morpholine rings is 1. The zero-order valence-electron chi connectivity index (χ0n) is 29.2. The van der Waals surface area contributed by atoms with Crippen LogP contribution in [0.4, 0.5) is 40.2 Å². The minimum Gasteiger partial charge on any atom is -0.494 e. The first-order chi connectivity index (χ1) is 24.1. The number of nitrogens with one attached hydrogen (secondary N) is 2. The van der Waals surface area contributed by atoms with E-state index in [2.05, 4.69) is 75.3 Å². The Hall–Kier alpha value is -4.10. The largest absolute Gasteiger partial charge is 0.494 e. The van der Waals surface area contributed by atoms with Gasteiger partial charge >= 0.3 is 0 Å². The lowest BCUT2D eigenvalue weighted by molar-refractivity contribution is 0.0115. The summed E-state index contributed by atoms with van der Waals surface area (Å²) in [5.74, 6) is 1.49. The SMILES string of the molecule is C=Nc1ccc(Nc2nc(Nc3cc(-c4cnn(C)c4)c(N4CCC(N5CCOCC5)CC4)cc3OC)ncc2Br)c(P(C)(C)=O)c1/N=C\C. The van der Waals surface area contributed by atoms with E-state index < -0.39 is 7.14 Å². The fraction of sp³-hybridized carbons (Fsp3) is 0.400. The Morgan fingerprint density at radius 3 is 2.50 bits per heavy atom. The van der Waals surface area contributed by atoms with Crippen LogP contribution < -0.4 is 25.6 Å². The number of anilines is 5. The first-order valence-corrected chi connectivity index (χ1v) is 20.0. The number of aryl methyl sites for hydroxylation is 1. The summed E-state index contributed by atoms with van der Waals surface area (Å²) >= 11 is 3.59. The Morgan fingerprint density at radius 1 is 1.10 bits per heavy atom. The first kappa shape index (κ1) is 35.7. The Bertz CT molecular complexity index is 1930. The highest BCUT2D eigenvalue weighted by Gasteiger charge is 2.28. The lowest BCUT2D eigenvalue weighted by Crippen LogP contribution is -2.49. The van der Waals surface area contributed by atoms with Crippen LogP contribution in [0.2, 0.25) is 0 Å². The minimum absolute atomic E-state index is 0.346. The number of aromatic nitrogens is 4. The Balaban J connectivity index is 1.32. The molecule has 4 aromatic rings. The van der Waals surface area contributed by atoms with Gasteiger partial charge < -0.3 is 29.6 Å². The van der Waals surface area contributed by atoms with Crippen molar-refractivity contribution in [2.75, 3.05) is 75.4 Å². The number of halogens is 1. The van der Waals surface area contributed by atoms with Crippen LogP contribution in [-0.4, -0.2) is 103 Å². The van der Waals surface area contributed by atoms with Crippen LogP contribution in [-0.2, 0) is 16.3 Å². The molecule has 2 aliphatic rings. The number of methoxy groups -OCH3 is 1. The molecule has 4 heterocycles. The normalized spacial score (nSPS) is 16.2. The number of rotatable bonds is 11. The predicted octanol–water partition coefficient (Wildman–Crippen LogP) is 6.74. The summed E-state index contributed by atoms with van der Waals surface area (Å²) in [5, 5.41) is 11.8. The highest BCUT2D eigenvalue weighted by Crippen LogP contribution is 2.46. The number of nitrogens with zero attached hydrogens (tertiary/aromatic N) is 8. The van der Waals surface area contributed by atoms with Crippen molar-refractivity contribution in [3.05, 3.63) is 47.3 Å². The van der Waals surface area contributed by atoms with Crippen LogP contribution in [0.25, 0.3) is 11.1 Å². The quantitative estimate of drug-likeness (QED) is 0.125. The van der Waals surface area contributed by atoms with E-state index >= 15 is 0 Å². The molecule has 2 N–H and O–H groups in total. The Kier molecular flexibility index (Phi) is 11.0. The molecule has 15 heteroatoms. The van der Waals surface area contributed by atoms with Crippen LogP contribution in [0.5, 0.6) is 5.75 Å². The molecular formula is C35H44BrN10O3P. The van der Waals surface area contributed by atoms with Gasteiger partial charge in [0.15, 0.2) is 0 Å². The summed E-state index contributed by atoms with van der Waals surface area (Å²) in [6, 6.07) is 8.35. The monoisotopic (exact) mass is 762 g/mol. The molecule has 264 valence electrons. The van der Waals surface area contributed by atoms with Crippen LogP contribution in [0.1, 0.15) is 19.8 Å². The molecule has 0 aliphatic carbocycles. The number of piperidine rings is 1. The molecular weight excluding hydrogens is 719 g/mol. The second-order valence-corrected chi connectivity index (χ2v) is 16.7. The maximum absolute atomic E-state index is 13.6. The molecule has 2 saturated heterocycles. The van der Waals surface area contributed by atoms with Crippen molar-refractivity contribution in [3.8, 4) is 16.9 Å². The standard InChI is InChI=1S/C35H44BrN10O3P/c1-7-38-32-27(37-2)8-9-28(33(32)50(5,6)47)41-34-26(36)21-39-35(43-34)42-29-18-25(23-20-40-44(3)22-23)30(19-31(29)48-4)46-12-10-24(11-13-46)45-14-16-49-17-15-45/h7-9,18-22,24H,2,10-17H2,1,3-6H3,(H2,39,41,42,43)/b38-7-. The Labute approximate surface area is 301 Å². The zero-order valence-corrected chi connectivity index (χ0v) is 31.7. The van der Waals surface area contributed by atoms with Crippen LogP contribution in [0.3, 0.4) is 0 Å². The molecule has 0 unspecified atom stereocenters. The second-order valence-electron chi connectivity index (χ2n) is 12.7. The summed E-state index contributed by atoms with van der Waals surface area (Å²) in [5.41, 5.74) is 5.52. The van der Waals surface area contributed by atoms with E-state index in [1.165, 1.54) is 0 Å². The topological polar surface area (TPSA) is 134 Å². The highest BCUT2D eigenvalue weighted by molar-refractivity contribution is 9.10. The van der Waals surface area contributed by atoms with Gasteiger partial charge in [0.25, 0.3) is 0 Å². The number of hydrogen-bond donors (Lipinski definition) is 2. The Morgan fingerprint density at radius 2 is 1.86 bits per heavy atom. The van der Waals surface area contributed by atoms with Crippen molar-refractivity contribution < 1.29 is 14.0 Å². The van der Waals surface area contributed by atoms with E-state index in [-0.39, 0.29) is 0 Å². The number of benzene rings is 2. The zero-order chi connectivity index (χ0) is 35.4. The van der Waals surface area contributed by atoms with Crippen molar-refractivity contribution in [2.45, 2.75) is 25.8 Å². The average Bonchev–Trinajstić information content (AvgIpc) is 3.55. The van der Waals surface area contributed by atoms with Crippen molar-refractivity contribution in [1.29, 1.82) is 0 Å². The summed E-state index contributed by atoms with van der Waals surface area (Å²) < 4.78 is 27.5. The van der Waals surface area contributed by atoms with Crippen molar-refractivity contribution in [1.82, 2.24) is 24.6 Å². The fourth-order valence-electron chi connectivity index (χ4n) is 6.67. The van der Waals surface area contributed by atoms with Gasteiger partial charge in [-0.05, 0) is 73.9 Å². The van der Waals surface area contributed by atoms with Gasteiger partial charge in [0.2, 0.25) is 5.95 Å². The van der Waals surface area contributed by atoms with E-state index in [4.69, 9.17) is 14.5 Å². The molecule has 6 rings (SSSR count). The first-order valence-electron chi connectivity index (χ1n) is 16.6. The van der Waals surface area contributed by atoms with Crippen molar-refractivity contribution in [2.24, 2.45) is 17.0 Å². The summed E-state index contributed by atoms with van der Waals surface area (Å²) in [4.78, 5) is 23.0. The van der Waals surface area contributed by atoms with Gasteiger partial charge in [0.1, 0.15) is 24.4 Å². The van der Waals surface area contributed by atoms with E-state index in [1.54, 1.807) is 45.8 Å². The molecule has 0 radical (unpaired) electrons. The smallest absolute Gasteiger partial charge is 0.229 e. The molecule has 2 fully saturated rings. The number of ether oxygens (including phenoxy) is 2. The maximum Gasteiger partial charge on any atom is 0.229 e. The van der Waals surface area contributed by atoms with Gasteiger partial charge in [-0.3, -0.25) is 19.6 Å². The van der Waals surface area contributed by atoms with E-state index in [9.17, 15) is 4.57 Å². The summed E-state index contributed by atoms with van der Waals surface area (Å²) in [7, 11) is 0.763. The van der Waals surface area contributed by atoms with Gasteiger partial charge in [-0.1, -0.05) is 0 Å². The third-order valence-electron chi connectivity index (χ3n) is 9.04. The number of aliphatic imine (C=N–C) groups is 2. The molecule has 0 amide bonds. The highest BCUT2D eigenvalue weighted by atomic mass is 79.9. The lowest BCUT2D eigenvalue weighted by Gasteiger charge is -2.41. The fourth-order valence-corrected chi connectivity index (χ4v) is 8.35. The second kappa shape index (κ2) is 15.4. The van der Waals surface area contributed by atoms with E-state index in [0.717, 1.165) is 69.0 Å². The van der Waals surface area contributed by atoms with Crippen LogP contribution in [0.15, 0.2) is 57.3 Å². The maximum atomic E-state index is 13.6. The molecule has 2 aliphatic heterocycles. The van der Waals surface area contributed by atoms with Gasteiger partial charge in [0, 0.05) is 80.8 Å². The third-order valence-corrected chi connectivity index (χ3v) is 11.2. The van der Waals surface area contributed by atoms with Gasteiger partial charge in [-0.15, -0.1) is 0 Å². The molecule has 0 spiro atoms. The molecule has 0 bridgehead atoms. The molecule has 50 heavy (non-hydrogen) atoms. The van der Waals surface area contributed by atoms with Crippen molar-refractivity contribution >= 4 is 81.5 Å². The van der Waals surface area contributed by atoms with Crippen LogP contribution in [0, 0.1) is 0 Å². The van der Waals surface area contributed by atoms with E-state index in [1.807, 2.05) is 30.2 Å². The average molecular weight is 764 g/mol. The molecule has 2 aromatic heterocycles. The van der Waals surface area contributed by atoms with Crippen molar-refractivity contribution in [3.63, 3.8) is 0 Å². The number of hydrogen-bond acceptors (Lipinski definition) is 12. The third kappa shape index (κ3) is 7.78. The molecule has 0 saturated carbocycles. The molecule has 13 nitrogen and oxygen atoms in total. The van der Waals surface area contributed by atoms with E-state index in [0.29, 0.717) is 56.1 Å². The molecule has 0 atom stereocenters. The summed E-state index contributed by atoms with van der Waals surface area (Å²) in [6.07, 6.45) is 9.40. The van der Waals surface area contributed by atoms with Gasteiger partial charge in [-0.2, -0.15) is 10.1 Å². The minimum atomic E-state index is -2.83.